The molecule has 0 bridgehead atoms. The van der Waals surface area contributed by atoms with Gasteiger partial charge in [0.2, 0.25) is 0 Å². The third-order valence-electron chi connectivity index (χ3n) is 3.20. The Morgan fingerprint density at radius 3 is 2.62 bits per heavy atom. The second-order valence-corrected chi connectivity index (χ2v) is 8.05. The number of thiophene rings is 1. The lowest BCUT2D eigenvalue weighted by Crippen LogP contribution is -2.18. The van der Waals surface area contributed by atoms with E-state index in [1.807, 2.05) is 45.2 Å². The van der Waals surface area contributed by atoms with Gasteiger partial charge in [-0.2, -0.15) is 0 Å². The van der Waals surface area contributed by atoms with Gasteiger partial charge in [-0.15, -0.1) is 11.3 Å². The minimum absolute atomic E-state index is 0.285. The highest BCUT2D eigenvalue weighted by Gasteiger charge is 2.11. The van der Waals surface area contributed by atoms with Crippen molar-refractivity contribution < 1.29 is 9.53 Å². The van der Waals surface area contributed by atoms with E-state index in [2.05, 4.69) is 10.2 Å². The van der Waals surface area contributed by atoms with Crippen molar-refractivity contribution in [3.8, 4) is 0 Å². The topological polar surface area (TPSA) is 41.6 Å². The van der Waals surface area contributed by atoms with Crippen molar-refractivity contribution in [1.82, 2.24) is 0 Å². The van der Waals surface area contributed by atoms with Crippen LogP contribution in [0.15, 0.2) is 30.3 Å². The molecule has 2 aromatic rings. The van der Waals surface area contributed by atoms with Crippen LogP contribution >= 0.6 is 34.5 Å². The number of carbonyl (C=O) groups excluding carboxylic acids is 1. The summed E-state index contributed by atoms with van der Waals surface area (Å²) >= 11 is 13.8. The number of nitrogens with zero attached hydrogens (tertiary/aromatic N) is 1. The Bertz CT molecular complexity index is 704. The number of hydrogen-bond acceptors (Lipinski definition) is 4. The second-order valence-electron chi connectivity index (χ2n) is 5.84. The van der Waals surface area contributed by atoms with Gasteiger partial charge in [-0.25, -0.2) is 4.79 Å². The number of benzene rings is 1. The smallest absolute Gasteiger partial charge is 0.411 e. The first-order valence-electron chi connectivity index (χ1n) is 7.54. The van der Waals surface area contributed by atoms with Gasteiger partial charge >= 0.3 is 6.09 Å². The van der Waals surface area contributed by atoms with Crippen LogP contribution in [0.4, 0.5) is 16.2 Å². The summed E-state index contributed by atoms with van der Waals surface area (Å²) in [5, 5.41) is 3.12. The monoisotopic (exact) mass is 386 g/mol. The van der Waals surface area contributed by atoms with E-state index < -0.39 is 6.09 Å². The molecule has 0 saturated carbocycles. The predicted molar refractivity (Wildman–Crippen MR) is 103 cm³/mol. The van der Waals surface area contributed by atoms with Crippen LogP contribution in [-0.4, -0.2) is 19.7 Å². The predicted octanol–water partition coefficient (Wildman–Crippen LogP) is 5.90. The van der Waals surface area contributed by atoms with Crippen LogP contribution in [0.1, 0.15) is 18.7 Å². The number of hydrogen-bond donors (Lipinski definition) is 1. The summed E-state index contributed by atoms with van der Waals surface area (Å²) in [6, 6.07) is 9.38. The van der Waals surface area contributed by atoms with E-state index in [9.17, 15) is 4.79 Å². The molecule has 0 fully saturated rings. The highest BCUT2D eigenvalue weighted by Crippen LogP contribution is 2.29. The first kappa shape index (κ1) is 18.9. The molecule has 2 rings (SSSR count). The van der Waals surface area contributed by atoms with Gasteiger partial charge in [0.05, 0.1) is 28.2 Å². The SMILES string of the molecule is CC(C)COC(=O)Nc1ccc(N(C)Cc2ccc(Cl)s2)cc1Cl. The van der Waals surface area contributed by atoms with Crippen LogP contribution in [0.3, 0.4) is 0 Å². The maximum atomic E-state index is 11.7. The van der Waals surface area contributed by atoms with Crippen LogP contribution < -0.4 is 10.2 Å². The Labute approximate surface area is 156 Å². The summed E-state index contributed by atoms with van der Waals surface area (Å²) < 4.78 is 5.87. The molecular formula is C17H20Cl2N2O2S. The van der Waals surface area contributed by atoms with Gasteiger partial charge in [0, 0.05) is 17.6 Å². The highest BCUT2D eigenvalue weighted by molar-refractivity contribution is 7.16. The van der Waals surface area contributed by atoms with E-state index in [-0.39, 0.29) is 5.92 Å². The summed E-state index contributed by atoms with van der Waals surface area (Å²) in [7, 11) is 1.98. The van der Waals surface area contributed by atoms with Crippen LogP contribution in [-0.2, 0) is 11.3 Å². The molecule has 0 atom stereocenters. The minimum atomic E-state index is -0.500. The first-order valence-corrected chi connectivity index (χ1v) is 9.11. The third kappa shape index (κ3) is 5.58. The van der Waals surface area contributed by atoms with Crippen molar-refractivity contribution in [3.63, 3.8) is 0 Å². The third-order valence-corrected chi connectivity index (χ3v) is 4.73. The van der Waals surface area contributed by atoms with Gasteiger partial charge in [-0.05, 0) is 36.2 Å². The zero-order chi connectivity index (χ0) is 17.7. The van der Waals surface area contributed by atoms with Crippen molar-refractivity contribution >= 4 is 52.0 Å². The summed E-state index contributed by atoms with van der Waals surface area (Å²) in [6.45, 7) is 5.06. The number of ether oxygens (including phenoxy) is 1. The van der Waals surface area contributed by atoms with Crippen LogP contribution in [0, 0.1) is 5.92 Å². The molecule has 0 saturated heterocycles. The van der Waals surface area contributed by atoms with Crippen LogP contribution in [0.5, 0.6) is 0 Å². The van der Waals surface area contributed by atoms with Crippen molar-refractivity contribution in [2.24, 2.45) is 5.92 Å². The first-order chi connectivity index (χ1) is 11.3. The molecule has 1 amide bonds. The van der Waals surface area contributed by atoms with Crippen molar-refractivity contribution in [3.05, 3.63) is 44.6 Å². The Hall–Kier alpha value is -1.43. The molecule has 4 nitrogen and oxygen atoms in total. The number of amides is 1. The zero-order valence-electron chi connectivity index (χ0n) is 13.8. The van der Waals surface area contributed by atoms with Gasteiger partial charge < -0.3 is 9.64 Å². The Kier molecular flexibility index (Phi) is 6.78. The molecule has 1 aromatic heterocycles. The Balaban J connectivity index is 1.99. The summed E-state index contributed by atoms with van der Waals surface area (Å²) in [5.74, 6) is 0.285. The van der Waals surface area contributed by atoms with Gasteiger partial charge in [-0.3, -0.25) is 5.32 Å². The number of halogens is 2. The maximum absolute atomic E-state index is 11.7. The van der Waals surface area contributed by atoms with E-state index in [1.54, 1.807) is 17.4 Å². The number of anilines is 2. The van der Waals surface area contributed by atoms with Crippen LogP contribution in [0.2, 0.25) is 9.36 Å². The molecule has 24 heavy (non-hydrogen) atoms. The molecule has 0 radical (unpaired) electrons. The fraction of sp³-hybridized carbons (Fsp3) is 0.353. The largest absolute Gasteiger partial charge is 0.449 e. The molecule has 1 heterocycles. The van der Waals surface area contributed by atoms with E-state index in [0.29, 0.717) is 17.3 Å². The van der Waals surface area contributed by atoms with Crippen molar-refractivity contribution in [2.45, 2.75) is 20.4 Å². The summed E-state index contributed by atoms with van der Waals surface area (Å²) in [5.41, 5.74) is 1.48. The number of nitrogens with one attached hydrogen (secondary N) is 1. The number of rotatable bonds is 6. The maximum Gasteiger partial charge on any atom is 0.411 e. The fourth-order valence-corrected chi connectivity index (χ4v) is 3.36. The normalized spacial score (nSPS) is 10.8. The minimum Gasteiger partial charge on any atom is -0.449 e. The van der Waals surface area contributed by atoms with Gasteiger partial charge in [-0.1, -0.05) is 37.0 Å². The van der Waals surface area contributed by atoms with Gasteiger partial charge in [0.1, 0.15) is 0 Å². The molecule has 1 N–H and O–H groups in total. The lowest BCUT2D eigenvalue weighted by atomic mass is 10.2. The lowest BCUT2D eigenvalue weighted by molar-refractivity contribution is 0.147. The molecule has 0 unspecified atom stereocenters. The van der Waals surface area contributed by atoms with E-state index in [1.165, 1.54) is 0 Å². The van der Waals surface area contributed by atoms with Gasteiger partial charge in [0.25, 0.3) is 0 Å². The molecule has 1 aromatic carbocycles. The quantitative estimate of drug-likeness (QED) is 0.671. The Morgan fingerprint density at radius 2 is 2.04 bits per heavy atom. The Morgan fingerprint density at radius 1 is 1.29 bits per heavy atom. The average molecular weight is 387 g/mol. The van der Waals surface area contributed by atoms with Crippen molar-refractivity contribution in [2.75, 3.05) is 23.9 Å². The molecule has 0 aliphatic heterocycles. The number of carbonyl (C=O) groups is 1. The molecule has 0 aliphatic rings. The summed E-state index contributed by atoms with van der Waals surface area (Å²) in [4.78, 5) is 14.9. The van der Waals surface area contributed by atoms with Crippen molar-refractivity contribution in [1.29, 1.82) is 0 Å². The summed E-state index contributed by atoms with van der Waals surface area (Å²) in [6.07, 6.45) is -0.500. The van der Waals surface area contributed by atoms with E-state index >= 15 is 0 Å². The van der Waals surface area contributed by atoms with Crippen LogP contribution in [0.25, 0.3) is 0 Å². The zero-order valence-corrected chi connectivity index (χ0v) is 16.1. The molecule has 130 valence electrons. The molecule has 7 heteroatoms. The lowest BCUT2D eigenvalue weighted by Gasteiger charge is -2.19. The fourth-order valence-electron chi connectivity index (χ4n) is 1.99. The average Bonchev–Trinajstić information content (AvgIpc) is 2.92. The van der Waals surface area contributed by atoms with E-state index in [0.717, 1.165) is 21.4 Å². The molecule has 0 aliphatic carbocycles. The highest BCUT2D eigenvalue weighted by atomic mass is 35.5. The molecule has 0 spiro atoms. The molecular weight excluding hydrogens is 367 g/mol. The van der Waals surface area contributed by atoms with E-state index in [4.69, 9.17) is 27.9 Å². The standard InChI is InChI=1S/C17H20Cl2N2O2S/c1-11(2)10-23-17(22)20-15-6-4-12(8-14(15)18)21(3)9-13-5-7-16(19)24-13/h4-8,11H,9-10H2,1-3H3,(H,20,22). The van der Waals surface area contributed by atoms with Gasteiger partial charge in [0.15, 0.2) is 0 Å². The second kappa shape index (κ2) is 8.60.